The number of aryl methyl sites for hydroxylation is 1. The van der Waals surface area contributed by atoms with E-state index in [4.69, 9.17) is 22.3 Å². The van der Waals surface area contributed by atoms with Crippen LogP contribution < -0.4 is 11.1 Å². The van der Waals surface area contributed by atoms with Gasteiger partial charge in [0.2, 0.25) is 0 Å². The molecule has 0 amide bonds. The third kappa shape index (κ3) is 3.45. The largest absolute Gasteiger partial charge is 0.381 e. The Morgan fingerprint density at radius 3 is 2.80 bits per heavy atom. The van der Waals surface area contributed by atoms with E-state index in [0.717, 1.165) is 23.0 Å². The number of pyridine rings is 1. The average molecular weight is 420 g/mol. The number of nitrogens with zero attached hydrogens (tertiary/aromatic N) is 5. The van der Waals surface area contributed by atoms with Gasteiger partial charge in [0, 0.05) is 36.9 Å². The zero-order valence-corrected chi connectivity index (χ0v) is 17.4. The van der Waals surface area contributed by atoms with Gasteiger partial charge in [0.05, 0.1) is 10.5 Å². The highest BCUT2D eigenvalue weighted by atomic mass is 35.5. The van der Waals surface area contributed by atoms with E-state index in [-0.39, 0.29) is 0 Å². The number of fused-ring (bicyclic) bond motifs is 1. The van der Waals surface area contributed by atoms with Gasteiger partial charge in [-0.15, -0.1) is 0 Å². The number of aromatic nitrogens is 5. The number of hydrogen-bond acceptors (Lipinski definition) is 6. The fourth-order valence-corrected chi connectivity index (χ4v) is 4.00. The van der Waals surface area contributed by atoms with Crippen LogP contribution in [0.3, 0.4) is 0 Å². The first-order valence-corrected chi connectivity index (χ1v) is 10.4. The Balaban J connectivity index is 1.65. The highest BCUT2D eigenvalue weighted by Gasteiger charge is 2.21. The molecule has 0 aliphatic heterocycles. The van der Waals surface area contributed by atoms with Crippen LogP contribution >= 0.6 is 11.6 Å². The molecule has 1 fully saturated rings. The topological polar surface area (TPSA) is 94.5 Å². The van der Waals surface area contributed by atoms with E-state index >= 15 is 0 Å². The van der Waals surface area contributed by atoms with Crippen LogP contribution in [-0.2, 0) is 7.05 Å². The second kappa shape index (κ2) is 7.57. The molecule has 0 unspecified atom stereocenters. The van der Waals surface area contributed by atoms with Crippen LogP contribution in [0, 0.1) is 5.92 Å². The number of hydrogen-bond donors (Lipinski definition) is 2. The fourth-order valence-electron chi connectivity index (χ4n) is 3.72. The molecule has 5 rings (SSSR count). The van der Waals surface area contributed by atoms with Crippen molar-refractivity contribution in [2.75, 3.05) is 17.6 Å². The second-order valence-corrected chi connectivity index (χ2v) is 8.15. The Morgan fingerprint density at radius 1 is 1.20 bits per heavy atom. The van der Waals surface area contributed by atoms with Gasteiger partial charge in [-0.3, -0.25) is 9.67 Å². The van der Waals surface area contributed by atoms with E-state index in [1.807, 2.05) is 43.6 Å². The number of nitrogens with two attached hydrogens (primary N) is 1. The molecule has 3 N–H and O–H groups in total. The van der Waals surface area contributed by atoms with Crippen molar-refractivity contribution in [1.82, 2.24) is 24.7 Å². The van der Waals surface area contributed by atoms with E-state index in [9.17, 15) is 0 Å². The third-order valence-electron chi connectivity index (χ3n) is 5.59. The van der Waals surface area contributed by atoms with Crippen LogP contribution in [0.1, 0.15) is 19.3 Å². The highest BCUT2D eigenvalue weighted by Crippen LogP contribution is 2.35. The Hall–Kier alpha value is -3.19. The normalized spacial score (nSPS) is 14.1. The number of anilines is 2. The maximum Gasteiger partial charge on any atom is 0.169 e. The molecular weight excluding hydrogens is 398 g/mol. The van der Waals surface area contributed by atoms with E-state index in [1.165, 1.54) is 19.3 Å². The Bertz CT molecular complexity index is 1230. The van der Waals surface area contributed by atoms with Crippen molar-refractivity contribution in [3.8, 4) is 22.6 Å². The molecule has 1 saturated carbocycles. The lowest BCUT2D eigenvalue weighted by molar-refractivity contribution is 0.333. The van der Waals surface area contributed by atoms with Gasteiger partial charge in [0.25, 0.3) is 0 Å². The van der Waals surface area contributed by atoms with Crippen molar-refractivity contribution in [2.45, 2.75) is 19.3 Å². The molecule has 3 aromatic heterocycles. The van der Waals surface area contributed by atoms with Crippen molar-refractivity contribution < 1.29 is 0 Å². The molecule has 8 heteroatoms. The molecule has 0 bridgehead atoms. The lowest BCUT2D eigenvalue weighted by Gasteiger charge is -2.26. The summed E-state index contributed by atoms with van der Waals surface area (Å²) in [7, 11) is 1.87. The minimum Gasteiger partial charge on any atom is -0.381 e. The van der Waals surface area contributed by atoms with Crippen LogP contribution in [0.25, 0.3) is 33.5 Å². The zero-order valence-electron chi connectivity index (χ0n) is 16.6. The van der Waals surface area contributed by atoms with Crippen LogP contribution in [0.15, 0.2) is 42.7 Å². The number of halogens is 1. The first-order chi connectivity index (χ1) is 14.6. The predicted octanol–water partition coefficient (Wildman–Crippen LogP) is 4.54. The van der Waals surface area contributed by atoms with E-state index in [2.05, 4.69) is 20.4 Å². The molecule has 0 saturated heterocycles. The molecule has 0 radical (unpaired) electrons. The van der Waals surface area contributed by atoms with Gasteiger partial charge in [-0.25, -0.2) is 9.97 Å². The predicted molar refractivity (Wildman–Crippen MR) is 120 cm³/mol. The molecular formula is C22H22ClN7. The summed E-state index contributed by atoms with van der Waals surface area (Å²) >= 11 is 6.54. The highest BCUT2D eigenvalue weighted by molar-refractivity contribution is 6.35. The summed E-state index contributed by atoms with van der Waals surface area (Å²) in [5.41, 5.74) is 9.90. The standard InChI is InChI=1S/C22H22ClN7/c1-30-9-7-17(29-30)20-19(15-10-14-6-3-8-25-18(14)16(23)11-15)28-22(21(24)27-20)26-12-13-4-2-5-13/h3,6-11,13H,2,4-5,12H2,1H3,(H2,24,27)(H,26,28). The van der Waals surface area contributed by atoms with Crippen molar-refractivity contribution >= 4 is 34.1 Å². The lowest BCUT2D eigenvalue weighted by atomic mass is 9.85. The first kappa shape index (κ1) is 18.8. The Labute approximate surface area is 179 Å². The molecule has 3 heterocycles. The second-order valence-electron chi connectivity index (χ2n) is 7.74. The van der Waals surface area contributed by atoms with Crippen LogP contribution in [0.5, 0.6) is 0 Å². The summed E-state index contributed by atoms with van der Waals surface area (Å²) in [5.74, 6) is 1.64. The van der Waals surface area contributed by atoms with Gasteiger partial charge >= 0.3 is 0 Å². The van der Waals surface area contributed by atoms with Gasteiger partial charge in [0.15, 0.2) is 11.6 Å². The van der Waals surface area contributed by atoms with E-state index in [1.54, 1.807) is 10.9 Å². The van der Waals surface area contributed by atoms with Crippen molar-refractivity contribution in [2.24, 2.45) is 13.0 Å². The van der Waals surface area contributed by atoms with Crippen LogP contribution in [-0.4, -0.2) is 31.3 Å². The maximum absolute atomic E-state index is 6.54. The maximum atomic E-state index is 6.54. The monoisotopic (exact) mass is 419 g/mol. The minimum absolute atomic E-state index is 0.368. The summed E-state index contributed by atoms with van der Waals surface area (Å²) < 4.78 is 1.73. The number of benzene rings is 1. The zero-order chi connectivity index (χ0) is 20.7. The number of rotatable bonds is 5. The van der Waals surface area contributed by atoms with Gasteiger partial charge in [-0.05, 0) is 43.0 Å². The summed E-state index contributed by atoms with van der Waals surface area (Å²) in [6, 6.07) is 9.68. The van der Waals surface area contributed by atoms with Crippen LogP contribution in [0.4, 0.5) is 11.6 Å². The average Bonchev–Trinajstić information content (AvgIpc) is 3.14. The lowest BCUT2D eigenvalue weighted by Crippen LogP contribution is -2.22. The molecule has 152 valence electrons. The Morgan fingerprint density at radius 2 is 2.07 bits per heavy atom. The SMILES string of the molecule is Cn1ccc(-c2nc(N)c(NCC3CCC3)nc2-c2cc(Cl)c3ncccc3c2)n1. The summed E-state index contributed by atoms with van der Waals surface area (Å²) in [6.07, 6.45) is 7.38. The molecule has 0 spiro atoms. The molecule has 1 aliphatic rings. The van der Waals surface area contributed by atoms with Gasteiger partial charge in [-0.2, -0.15) is 5.10 Å². The number of nitrogen functional groups attached to an aromatic ring is 1. The minimum atomic E-state index is 0.368. The fraction of sp³-hybridized carbons (Fsp3) is 0.273. The van der Waals surface area contributed by atoms with Crippen molar-refractivity contribution in [3.05, 3.63) is 47.7 Å². The smallest absolute Gasteiger partial charge is 0.169 e. The Kier molecular flexibility index (Phi) is 4.75. The van der Waals surface area contributed by atoms with Crippen LogP contribution in [0.2, 0.25) is 5.02 Å². The number of nitrogens with one attached hydrogen (secondary N) is 1. The summed E-state index contributed by atoms with van der Waals surface area (Å²) in [6.45, 7) is 0.851. The molecule has 0 atom stereocenters. The molecule has 1 aromatic carbocycles. The molecule has 30 heavy (non-hydrogen) atoms. The summed E-state index contributed by atoms with van der Waals surface area (Å²) in [5, 5.41) is 9.41. The summed E-state index contributed by atoms with van der Waals surface area (Å²) in [4.78, 5) is 13.9. The molecule has 1 aliphatic carbocycles. The third-order valence-corrected chi connectivity index (χ3v) is 5.88. The first-order valence-electron chi connectivity index (χ1n) is 10.0. The van der Waals surface area contributed by atoms with Gasteiger partial charge < -0.3 is 11.1 Å². The van der Waals surface area contributed by atoms with E-state index < -0.39 is 0 Å². The van der Waals surface area contributed by atoms with Gasteiger partial charge in [0.1, 0.15) is 17.1 Å². The molecule has 7 nitrogen and oxygen atoms in total. The van der Waals surface area contributed by atoms with Gasteiger partial charge in [-0.1, -0.05) is 24.1 Å². The van der Waals surface area contributed by atoms with Crippen molar-refractivity contribution in [3.63, 3.8) is 0 Å². The van der Waals surface area contributed by atoms with Crippen molar-refractivity contribution in [1.29, 1.82) is 0 Å². The quantitative estimate of drug-likeness (QED) is 0.493. The van der Waals surface area contributed by atoms with E-state index in [0.29, 0.717) is 39.7 Å². The molecule has 4 aromatic rings.